The monoisotopic (exact) mass is 371 g/mol. The number of rotatable bonds is 22. The summed E-state index contributed by atoms with van der Waals surface area (Å²) < 4.78 is 0. The third-order valence-electron chi connectivity index (χ3n) is 5.41. The molecule has 3 nitrogen and oxygen atoms in total. The van der Waals surface area contributed by atoms with Crippen molar-refractivity contribution in [3.63, 3.8) is 0 Å². The van der Waals surface area contributed by atoms with E-state index in [2.05, 4.69) is 11.8 Å². The van der Waals surface area contributed by atoms with Crippen LogP contribution in [0.4, 0.5) is 0 Å². The van der Waals surface area contributed by atoms with Crippen LogP contribution in [0.2, 0.25) is 0 Å². The number of unbranched alkanes of at least 4 members (excludes halogenated alkanes) is 16. The number of hydrogen-bond acceptors (Lipinski definition) is 3. The Morgan fingerprint density at radius 3 is 1.04 bits per heavy atom. The Bertz CT molecular complexity index is 242. The standard InChI is InChI=1S/C23H49NO2/c1-2-3-4-5-6-7-8-9-10-11-12-13-14-15-16-17-18-19-24(20-22-25)21-23-26/h25-26H,2-23H2,1H3. The van der Waals surface area contributed by atoms with Gasteiger partial charge in [-0.1, -0.05) is 110 Å². The molecule has 26 heavy (non-hydrogen) atoms. The smallest absolute Gasteiger partial charge is 0.0558 e. The average molecular weight is 372 g/mol. The predicted octanol–water partition coefficient (Wildman–Crippen LogP) is 5.92. The van der Waals surface area contributed by atoms with Gasteiger partial charge in [0.25, 0.3) is 0 Å². The molecular weight excluding hydrogens is 322 g/mol. The first-order chi connectivity index (χ1) is 12.8. The summed E-state index contributed by atoms with van der Waals surface area (Å²) in [4.78, 5) is 2.16. The van der Waals surface area contributed by atoms with Gasteiger partial charge in [-0.2, -0.15) is 0 Å². The van der Waals surface area contributed by atoms with Gasteiger partial charge >= 0.3 is 0 Å². The average Bonchev–Trinajstić information content (AvgIpc) is 2.64. The summed E-state index contributed by atoms with van der Waals surface area (Å²) in [7, 11) is 0. The first-order valence-electron chi connectivity index (χ1n) is 11.8. The Hall–Kier alpha value is -0.120. The van der Waals surface area contributed by atoms with Crippen molar-refractivity contribution in [3.05, 3.63) is 0 Å². The van der Waals surface area contributed by atoms with Gasteiger partial charge in [-0.25, -0.2) is 0 Å². The highest BCUT2D eigenvalue weighted by Crippen LogP contribution is 2.14. The maximum absolute atomic E-state index is 8.98. The first kappa shape index (κ1) is 25.9. The van der Waals surface area contributed by atoms with Gasteiger partial charge < -0.3 is 10.2 Å². The van der Waals surface area contributed by atoms with E-state index in [1.165, 1.54) is 109 Å². The van der Waals surface area contributed by atoms with E-state index in [9.17, 15) is 0 Å². The number of nitrogens with zero attached hydrogens (tertiary/aromatic N) is 1. The van der Waals surface area contributed by atoms with Gasteiger partial charge in [-0.3, -0.25) is 4.90 Å². The van der Waals surface area contributed by atoms with Crippen LogP contribution in [-0.4, -0.2) is 48.0 Å². The van der Waals surface area contributed by atoms with Crippen molar-refractivity contribution in [2.75, 3.05) is 32.8 Å². The van der Waals surface area contributed by atoms with Crippen molar-refractivity contribution >= 4 is 0 Å². The molecule has 0 heterocycles. The highest BCUT2D eigenvalue weighted by Gasteiger charge is 2.02. The maximum atomic E-state index is 8.98. The summed E-state index contributed by atoms with van der Waals surface area (Å²) in [6.07, 6.45) is 23.8. The third-order valence-corrected chi connectivity index (χ3v) is 5.41. The van der Waals surface area contributed by atoms with Gasteiger partial charge in [0, 0.05) is 13.1 Å². The van der Waals surface area contributed by atoms with Gasteiger partial charge in [-0.15, -0.1) is 0 Å². The van der Waals surface area contributed by atoms with Crippen molar-refractivity contribution in [2.24, 2.45) is 0 Å². The van der Waals surface area contributed by atoms with Gasteiger partial charge in [0.15, 0.2) is 0 Å². The molecule has 0 aromatic carbocycles. The molecule has 0 fully saturated rings. The summed E-state index contributed by atoms with van der Waals surface area (Å²) in [5, 5.41) is 18.0. The van der Waals surface area contributed by atoms with Crippen LogP contribution in [0, 0.1) is 0 Å². The van der Waals surface area contributed by atoms with Gasteiger partial charge in [-0.05, 0) is 13.0 Å². The number of aliphatic hydroxyl groups is 2. The fourth-order valence-electron chi connectivity index (χ4n) is 3.68. The van der Waals surface area contributed by atoms with Gasteiger partial charge in [0.1, 0.15) is 0 Å². The normalized spacial score (nSPS) is 11.5. The molecule has 0 aliphatic rings. The highest BCUT2D eigenvalue weighted by molar-refractivity contribution is 4.57. The minimum Gasteiger partial charge on any atom is -0.395 e. The molecular formula is C23H49NO2. The van der Waals surface area contributed by atoms with E-state index in [0.717, 1.165) is 6.54 Å². The largest absolute Gasteiger partial charge is 0.395 e. The van der Waals surface area contributed by atoms with Crippen LogP contribution >= 0.6 is 0 Å². The van der Waals surface area contributed by atoms with Crippen LogP contribution in [0.3, 0.4) is 0 Å². The molecule has 0 aromatic heterocycles. The van der Waals surface area contributed by atoms with E-state index in [4.69, 9.17) is 10.2 Å². The molecule has 0 rings (SSSR count). The lowest BCUT2D eigenvalue weighted by Gasteiger charge is -2.19. The van der Waals surface area contributed by atoms with E-state index in [1.807, 2.05) is 0 Å². The Morgan fingerprint density at radius 1 is 0.423 bits per heavy atom. The molecule has 0 spiro atoms. The lowest BCUT2D eigenvalue weighted by Crippen LogP contribution is -2.30. The van der Waals surface area contributed by atoms with Crippen LogP contribution < -0.4 is 0 Å². The van der Waals surface area contributed by atoms with Gasteiger partial charge in [0.05, 0.1) is 13.2 Å². The van der Waals surface area contributed by atoms with Crippen LogP contribution in [-0.2, 0) is 0 Å². The summed E-state index contributed by atoms with van der Waals surface area (Å²) >= 11 is 0. The van der Waals surface area contributed by atoms with Crippen molar-refractivity contribution in [3.8, 4) is 0 Å². The minimum atomic E-state index is 0.193. The zero-order valence-corrected chi connectivity index (χ0v) is 17.9. The zero-order chi connectivity index (χ0) is 19.1. The fourth-order valence-corrected chi connectivity index (χ4v) is 3.68. The first-order valence-corrected chi connectivity index (χ1v) is 11.8. The van der Waals surface area contributed by atoms with E-state index in [0.29, 0.717) is 13.1 Å². The Balaban J connectivity index is 3.13. The summed E-state index contributed by atoms with van der Waals surface area (Å²) in [5.41, 5.74) is 0. The SMILES string of the molecule is CCCCCCCCCCCCCCCCCCCN(CCO)CCO. The summed E-state index contributed by atoms with van der Waals surface area (Å²) in [5.74, 6) is 0. The van der Waals surface area contributed by atoms with E-state index >= 15 is 0 Å². The Morgan fingerprint density at radius 2 is 0.731 bits per heavy atom. The fraction of sp³-hybridized carbons (Fsp3) is 1.00. The second kappa shape index (κ2) is 22.9. The quantitative estimate of drug-likeness (QED) is 0.232. The lowest BCUT2D eigenvalue weighted by molar-refractivity contribution is 0.159. The molecule has 2 N–H and O–H groups in total. The van der Waals surface area contributed by atoms with Crippen molar-refractivity contribution < 1.29 is 10.2 Å². The molecule has 0 radical (unpaired) electrons. The molecule has 0 unspecified atom stereocenters. The topological polar surface area (TPSA) is 43.7 Å². The minimum absolute atomic E-state index is 0.193. The van der Waals surface area contributed by atoms with Crippen molar-refractivity contribution in [1.29, 1.82) is 0 Å². The van der Waals surface area contributed by atoms with E-state index in [1.54, 1.807) is 0 Å². The number of aliphatic hydroxyl groups excluding tert-OH is 2. The van der Waals surface area contributed by atoms with Crippen LogP contribution in [0.5, 0.6) is 0 Å². The zero-order valence-electron chi connectivity index (χ0n) is 17.9. The second-order valence-corrected chi connectivity index (χ2v) is 7.95. The van der Waals surface area contributed by atoms with Gasteiger partial charge in [0.2, 0.25) is 0 Å². The highest BCUT2D eigenvalue weighted by atomic mass is 16.3. The third kappa shape index (κ3) is 20.2. The molecule has 0 aliphatic carbocycles. The summed E-state index contributed by atoms with van der Waals surface area (Å²) in [6, 6.07) is 0. The Kier molecular flexibility index (Phi) is 22.8. The maximum Gasteiger partial charge on any atom is 0.0558 e. The van der Waals surface area contributed by atoms with Crippen LogP contribution in [0.1, 0.15) is 116 Å². The second-order valence-electron chi connectivity index (χ2n) is 7.95. The van der Waals surface area contributed by atoms with Crippen LogP contribution in [0.15, 0.2) is 0 Å². The molecule has 0 aliphatic heterocycles. The predicted molar refractivity (Wildman–Crippen MR) is 115 cm³/mol. The Labute approximate surface area is 164 Å². The molecule has 0 aromatic rings. The van der Waals surface area contributed by atoms with Crippen molar-refractivity contribution in [1.82, 2.24) is 4.90 Å². The molecule has 0 amide bonds. The summed E-state index contributed by atoms with van der Waals surface area (Å²) in [6.45, 7) is 5.07. The molecule has 3 heteroatoms. The lowest BCUT2D eigenvalue weighted by atomic mass is 10.0. The van der Waals surface area contributed by atoms with E-state index in [-0.39, 0.29) is 13.2 Å². The number of hydrogen-bond donors (Lipinski definition) is 2. The molecule has 0 saturated heterocycles. The van der Waals surface area contributed by atoms with E-state index < -0.39 is 0 Å². The molecule has 0 atom stereocenters. The molecule has 0 bridgehead atoms. The van der Waals surface area contributed by atoms with Crippen molar-refractivity contribution in [2.45, 2.75) is 116 Å². The van der Waals surface area contributed by atoms with Crippen LogP contribution in [0.25, 0.3) is 0 Å². The molecule has 0 saturated carbocycles. The molecule has 158 valence electrons.